The van der Waals surface area contributed by atoms with Crippen LogP contribution in [-0.4, -0.2) is 34.4 Å². The number of aromatic amines is 1. The molecule has 0 spiro atoms. The van der Waals surface area contributed by atoms with Gasteiger partial charge in [0.15, 0.2) is 14.0 Å². The molecular weight excluding hydrogens is 364 g/mol. The molecule has 0 saturated carbocycles. The van der Waals surface area contributed by atoms with Gasteiger partial charge in [0, 0.05) is 41.6 Å². The van der Waals surface area contributed by atoms with Crippen LogP contribution in [0.3, 0.4) is 0 Å². The van der Waals surface area contributed by atoms with Gasteiger partial charge in [-0.2, -0.15) is 0 Å². The highest BCUT2D eigenvalue weighted by atomic mass is 28.4. The number of nitrogens with one attached hydrogen (secondary N) is 1. The van der Waals surface area contributed by atoms with Gasteiger partial charge in [-0.05, 0) is 30.3 Å². The van der Waals surface area contributed by atoms with Crippen LogP contribution in [-0.2, 0) is 11.0 Å². The molecule has 0 aliphatic rings. The maximum absolute atomic E-state index is 6.40. The summed E-state index contributed by atoms with van der Waals surface area (Å²) in [6.45, 7) is 13.0. The predicted octanol–water partition coefficient (Wildman–Crippen LogP) is 5.60. The van der Waals surface area contributed by atoms with Crippen molar-refractivity contribution in [1.29, 1.82) is 0 Å². The Balaban J connectivity index is 1.65. The highest BCUT2D eigenvalue weighted by Crippen LogP contribution is 2.37. The van der Waals surface area contributed by atoms with E-state index in [0.717, 1.165) is 30.0 Å². The molecule has 146 valence electrons. The fourth-order valence-corrected chi connectivity index (χ4v) is 4.29. The van der Waals surface area contributed by atoms with Gasteiger partial charge >= 0.3 is 0 Å². The average molecular weight is 393 g/mol. The first kappa shape index (κ1) is 18.9. The summed E-state index contributed by atoms with van der Waals surface area (Å²) in [5, 5.41) is 1.45. The summed E-state index contributed by atoms with van der Waals surface area (Å²) in [6, 6.07) is 10.6. The van der Waals surface area contributed by atoms with E-state index >= 15 is 0 Å². The maximum atomic E-state index is 6.40. The van der Waals surface area contributed by atoms with Gasteiger partial charge in [0.2, 0.25) is 0 Å². The molecule has 5 nitrogen and oxygen atoms in total. The van der Waals surface area contributed by atoms with Crippen molar-refractivity contribution in [3.05, 3.63) is 48.9 Å². The van der Waals surface area contributed by atoms with E-state index in [9.17, 15) is 0 Å². The van der Waals surface area contributed by atoms with E-state index in [2.05, 4.69) is 89.9 Å². The third-order valence-corrected chi connectivity index (χ3v) is 10.5. The minimum atomic E-state index is -1.74. The van der Waals surface area contributed by atoms with Crippen LogP contribution in [0.2, 0.25) is 18.1 Å². The van der Waals surface area contributed by atoms with Crippen molar-refractivity contribution in [2.75, 3.05) is 6.61 Å². The second-order valence-electron chi connectivity index (χ2n) is 8.84. The van der Waals surface area contributed by atoms with E-state index in [1.54, 1.807) is 12.4 Å². The molecule has 1 N–H and O–H groups in total. The second kappa shape index (κ2) is 6.86. The zero-order valence-electron chi connectivity index (χ0n) is 17.3. The quantitative estimate of drug-likeness (QED) is 0.450. The Kier molecular flexibility index (Phi) is 4.63. The van der Waals surface area contributed by atoms with Crippen LogP contribution in [0.15, 0.2) is 48.9 Å². The van der Waals surface area contributed by atoms with Crippen LogP contribution >= 0.6 is 0 Å². The molecule has 0 radical (unpaired) electrons. The fraction of sp³-hybridized carbons (Fsp3) is 0.364. The molecular formula is C22H28N4OSi. The van der Waals surface area contributed by atoms with E-state index in [-0.39, 0.29) is 5.04 Å². The van der Waals surface area contributed by atoms with Gasteiger partial charge in [-0.15, -0.1) is 0 Å². The lowest BCUT2D eigenvalue weighted by Crippen LogP contribution is -2.41. The molecule has 0 atom stereocenters. The molecule has 0 unspecified atom stereocenters. The lowest BCUT2D eigenvalue weighted by atomic mass is 10.1. The molecule has 0 aliphatic heterocycles. The monoisotopic (exact) mass is 392 g/mol. The molecule has 6 heteroatoms. The third kappa shape index (κ3) is 3.38. The largest absolute Gasteiger partial charge is 0.415 e. The van der Waals surface area contributed by atoms with Crippen molar-refractivity contribution in [2.24, 2.45) is 0 Å². The topological polar surface area (TPSA) is 55.7 Å². The summed E-state index contributed by atoms with van der Waals surface area (Å²) in [5.41, 5.74) is 5.13. The number of fused-ring (bicyclic) bond motifs is 2. The van der Waals surface area contributed by atoms with E-state index in [1.807, 2.05) is 0 Å². The molecule has 0 amide bonds. The van der Waals surface area contributed by atoms with Crippen molar-refractivity contribution < 1.29 is 4.43 Å². The SMILES string of the molecule is CC(C)(C)[Si](C)(C)OCCn1cc(-c2cc3nccnc3[nH]2)c2ccccc21. The van der Waals surface area contributed by atoms with Gasteiger partial charge < -0.3 is 14.0 Å². The summed E-state index contributed by atoms with van der Waals surface area (Å²) in [4.78, 5) is 12.2. The lowest BCUT2D eigenvalue weighted by Gasteiger charge is -2.36. The molecule has 4 aromatic rings. The van der Waals surface area contributed by atoms with E-state index < -0.39 is 8.32 Å². The van der Waals surface area contributed by atoms with Crippen molar-refractivity contribution in [3.8, 4) is 11.3 Å². The molecule has 1 aromatic carbocycles. The van der Waals surface area contributed by atoms with Crippen LogP contribution in [0, 0.1) is 0 Å². The Morgan fingerprint density at radius 1 is 1.11 bits per heavy atom. The maximum Gasteiger partial charge on any atom is 0.192 e. The number of H-pyrrole nitrogens is 1. The van der Waals surface area contributed by atoms with E-state index in [1.165, 1.54) is 16.5 Å². The van der Waals surface area contributed by atoms with Crippen molar-refractivity contribution >= 4 is 30.4 Å². The van der Waals surface area contributed by atoms with E-state index in [4.69, 9.17) is 4.43 Å². The van der Waals surface area contributed by atoms with Gasteiger partial charge in [-0.3, -0.25) is 4.98 Å². The normalized spacial score (nSPS) is 12.9. The standard InChI is InChI=1S/C22H28N4OSi/c1-22(2,3)28(4,5)27-13-12-26-15-17(16-8-6-7-9-20(16)26)18-14-19-21(25-18)24-11-10-23-19/h6-11,14-15H,12-13H2,1-5H3,(H,24,25). The number of rotatable bonds is 5. The highest BCUT2D eigenvalue weighted by molar-refractivity contribution is 6.74. The summed E-state index contributed by atoms with van der Waals surface area (Å²) < 4.78 is 8.70. The Morgan fingerprint density at radius 3 is 2.61 bits per heavy atom. The minimum Gasteiger partial charge on any atom is -0.415 e. The lowest BCUT2D eigenvalue weighted by molar-refractivity contribution is 0.273. The van der Waals surface area contributed by atoms with Crippen LogP contribution in [0.4, 0.5) is 0 Å². The molecule has 0 bridgehead atoms. The zero-order chi connectivity index (χ0) is 19.9. The first-order valence-electron chi connectivity index (χ1n) is 9.78. The van der Waals surface area contributed by atoms with Crippen molar-refractivity contribution in [2.45, 2.75) is 45.4 Å². The molecule has 3 aromatic heterocycles. The Labute approximate surface area is 166 Å². The predicted molar refractivity (Wildman–Crippen MR) is 118 cm³/mol. The Bertz CT molecular complexity index is 1090. The Hall–Kier alpha value is -2.44. The second-order valence-corrected chi connectivity index (χ2v) is 13.6. The molecule has 4 rings (SSSR count). The third-order valence-electron chi connectivity index (χ3n) is 5.94. The van der Waals surface area contributed by atoms with E-state index in [0.29, 0.717) is 0 Å². The number of aromatic nitrogens is 4. The van der Waals surface area contributed by atoms with Gasteiger partial charge in [0.05, 0.1) is 12.3 Å². The number of benzene rings is 1. The van der Waals surface area contributed by atoms with Gasteiger partial charge in [-0.1, -0.05) is 39.0 Å². The molecule has 0 fully saturated rings. The van der Waals surface area contributed by atoms with Crippen molar-refractivity contribution in [1.82, 2.24) is 19.5 Å². The summed E-state index contributed by atoms with van der Waals surface area (Å²) in [7, 11) is -1.74. The summed E-state index contributed by atoms with van der Waals surface area (Å²) in [5.74, 6) is 0. The summed E-state index contributed by atoms with van der Waals surface area (Å²) in [6.07, 6.45) is 5.65. The number of para-hydroxylation sites is 1. The zero-order valence-corrected chi connectivity index (χ0v) is 18.3. The fourth-order valence-electron chi connectivity index (χ4n) is 3.26. The van der Waals surface area contributed by atoms with Gasteiger partial charge in [-0.25, -0.2) is 4.98 Å². The molecule has 0 aliphatic carbocycles. The first-order chi connectivity index (χ1) is 13.3. The number of hydrogen-bond donors (Lipinski definition) is 1. The van der Waals surface area contributed by atoms with Crippen LogP contribution in [0.25, 0.3) is 33.3 Å². The average Bonchev–Trinajstić information content (AvgIpc) is 3.22. The van der Waals surface area contributed by atoms with Crippen LogP contribution in [0.1, 0.15) is 20.8 Å². The molecule has 0 saturated heterocycles. The van der Waals surface area contributed by atoms with Gasteiger partial charge in [0.1, 0.15) is 5.52 Å². The first-order valence-corrected chi connectivity index (χ1v) is 12.7. The smallest absolute Gasteiger partial charge is 0.192 e. The number of nitrogens with zero attached hydrogens (tertiary/aromatic N) is 3. The minimum absolute atomic E-state index is 0.223. The number of hydrogen-bond acceptors (Lipinski definition) is 3. The van der Waals surface area contributed by atoms with Crippen LogP contribution < -0.4 is 0 Å². The Morgan fingerprint density at radius 2 is 1.86 bits per heavy atom. The van der Waals surface area contributed by atoms with Crippen molar-refractivity contribution in [3.63, 3.8) is 0 Å². The van der Waals surface area contributed by atoms with Crippen LogP contribution in [0.5, 0.6) is 0 Å². The highest BCUT2D eigenvalue weighted by Gasteiger charge is 2.36. The molecule has 28 heavy (non-hydrogen) atoms. The summed E-state index contributed by atoms with van der Waals surface area (Å²) >= 11 is 0. The van der Waals surface area contributed by atoms with Gasteiger partial charge in [0.25, 0.3) is 0 Å². The molecule has 3 heterocycles.